The van der Waals surface area contributed by atoms with Crippen molar-refractivity contribution in [3.8, 4) is 5.75 Å². The summed E-state index contributed by atoms with van der Waals surface area (Å²) in [5, 5.41) is 8.77. The van der Waals surface area contributed by atoms with E-state index in [-0.39, 0.29) is 0 Å². The highest BCUT2D eigenvalue weighted by atomic mass is 35.5. The largest absolute Gasteiger partial charge is 0.495 e. The number of aromatic nitrogens is 1. The van der Waals surface area contributed by atoms with Gasteiger partial charge in [0.25, 0.3) is 0 Å². The fourth-order valence-corrected chi connectivity index (χ4v) is 4.24. The lowest BCUT2D eigenvalue weighted by molar-refractivity contribution is 0.415. The number of hydrogen-bond donors (Lipinski definition) is 2. The molecule has 1 aliphatic rings. The number of benzene rings is 1. The smallest absolute Gasteiger partial charge is 0.191 e. The third-order valence-electron chi connectivity index (χ3n) is 4.62. The molecule has 1 aliphatic heterocycles. The summed E-state index contributed by atoms with van der Waals surface area (Å²) in [5.74, 6) is 1.71. The van der Waals surface area contributed by atoms with Gasteiger partial charge in [0.1, 0.15) is 5.75 Å². The van der Waals surface area contributed by atoms with E-state index in [9.17, 15) is 0 Å². The van der Waals surface area contributed by atoms with E-state index in [4.69, 9.17) is 21.3 Å². The monoisotopic (exact) mass is 421 g/mol. The van der Waals surface area contributed by atoms with E-state index in [1.54, 1.807) is 18.4 Å². The third kappa shape index (κ3) is 5.52. The Morgan fingerprint density at radius 1 is 1.46 bits per heavy atom. The van der Waals surface area contributed by atoms with Crippen molar-refractivity contribution < 1.29 is 4.74 Å². The minimum absolute atomic E-state index is 0.323. The van der Waals surface area contributed by atoms with Crippen LogP contribution >= 0.6 is 22.9 Å². The molecule has 1 aromatic carbocycles. The number of methoxy groups -OCH3 is 1. The molecule has 1 aromatic heterocycles. The Kier molecular flexibility index (Phi) is 7.39. The van der Waals surface area contributed by atoms with Gasteiger partial charge in [0.05, 0.1) is 17.8 Å². The zero-order valence-electron chi connectivity index (χ0n) is 16.7. The highest BCUT2D eigenvalue weighted by Crippen LogP contribution is 2.33. The van der Waals surface area contributed by atoms with E-state index in [2.05, 4.69) is 34.4 Å². The van der Waals surface area contributed by atoms with Crippen LogP contribution in [0.2, 0.25) is 5.02 Å². The van der Waals surface area contributed by atoms with Crippen molar-refractivity contribution in [2.75, 3.05) is 38.2 Å². The Balaban J connectivity index is 1.58. The van der Waals surface area contributed by atoms with Gasteiger partial charge in [0, 0.05) is 54.7 Å². The standard InChI is InChI=1S/C20H28ClN5OS/c1-4-22-20(23-9-7-19-24-12-14(2)28-19)25-16-8-10-26(13-16)17-11-15(21)5-6-18(17)27-3/h5-6,11-12,16H,4,7-10,13H2,1-3H3,(H2,22,23,25). The fourth-order valence-electron chi connectivity index (χ4n) is 3.30. The van der Waals surface area contributed by atoms with Crippen LogP contribution in [0.4, 0.5) is 5.69 Å². The molecule has 0 spiro atoms. The molecule has 1 unspecified atom stereocenters. The van der Waals surface area contributed by atoms with Crippen molar-refractivity contribution >= 4 is 34.6 Å². The maximum atomic E-state index is 6.19. The molecular formula is C20H28ClN5OS. The SMILES string of the molecule is CCNC(=NCCc1ncc(C)s1)NC1CCN(c2cc(Cl)ccc2OC)C1. The normalized spacial score (nSPS) is 17.1. The van der Waals surface area contributed by atoms with Gasteiger partial charge in [-0.05, 0) is 38.5 Å². The van der Waals surface area contributed by atoms with Crippen molar-refractivity contribution in [2.24, 2.45) is 4.99 Å². The summed E-state index contributed by atoms with van der Waals surface area (Å²) in [5.41, 5.74) is 1.04. The van der Waals surface area contributed by atoms with Crippen molar-refractivity contribution in [1.29, 1.82) is 0 Å². The van der Waals surface area contributed by atoms with Crippen LogP contribution in [0.5, 0.6) is 5.75 Å². The molecule has 0 bridgehead atoms. The second kappa shape index (κ2) is 9.98. The highest BCUT2D eigenvalue weighted by molar-refractivity contribution is 7.11. The minimum Gasteiger partial charge on any atom is -0.495 e. The van der Waals surface area contributed by atoms with Gasteiger partial charge in [0.2, 0.25) is 0 Å². The summed E-state index contributed by atoms with van der Waals surface area (Å²) >= 11 is 7.93. The molecule has 2 heterocycles. The second-order valence-corrected chi connectivity index (χ2v) is 8.52. The van der Waals surface area contributed by atoms with Crippen LogP contribution in [0.3, 0.4) is 0 Å². The number of rotatable bonds is 7. The molecule has 1 fully saturated rings. The van der Waals surface area contributed by atoms with Crippen molar-refractivity contribution in [3.63, 3.8) is 0 Å². The molecule has 1 saturated heterocycles. The van der Waals surface area contributed by atoms with Crippen LogP contribution in [-0.2, 0) is 6.42 Å². The summed E-state index contributed by atoms with van der Waals surface area (Å²) in [6, 6.07) is 6.07. The second-order valence-electron chi connectivity index (χ2n) is 6.77. The van der Waals surface area contributed by atoms with Crippen LogP contribution < -0.4 is 20.3 Å². The van der Waals surface area contributed by atoms with E-state index in [1.165, 1.54) is 4.88 Å². The molecule has 152 valence electrons. The van der Waals surface area contributed by atoms with Crippen LogP contribution in [0.15, 0.2) is 29.4 Å². The maximum Gasteiger partial charge on any atom is 0.191 e. The molecule has 0 amide bonds. The van der Waals surface area contributed by atoms with E-state index >= 15 is 0 Å². The first-order valence-corrected chi connectivity index (χ1v) is 10.8. The number of guanidine groups is 1. The molecular weight excluding hydrogens is 394 g/mol. The third-order valence-corrected chi connectivity index (χ3v) is 5.83. The molecule has 0 aliphatic carbocycles. The maximum absolute atomic E-state index is 6.19. The van der Waals surface area contributed by atoms with Crippen molar-refractivity contribution in [2.45, 2.75) is 32.7 Å². The number of aliphatic imine (C=N–C) groups is 1. The first kappa shape index (κ1) is 20.7. The predicted octanol–water partition coefficient (Wildman–Crippen LogP) is 3.49. The highest BCUT2D eigenvalue weighted by Gasteiger charge is 2.25. The fraction of sp³-hybridized carbons (Fsp3) is 0.500. The first-order valence-electron chi connectivity index (χ1n) is 9.63. The Hall–Kier alpha value is -1.99. The van der Waals surface area contributed by atoms with Gasteiger partial charge in [-0.25, -0.2) is 4.98 Å². The number of thiazole rings is 1. The minimum atomic E-state index is 0.323. The molecule has 0 saturated carbocycles. The summed E-state index contributed by atoms with van der Waals surface area (Å²) in [4.78, 5) is 12.7. The lowest BCUT2D eigenvalue weighted by Crippen LogP contribution is -2.44. The Bertz CT molecular complexity index is 810. The molecule has 2 aromatic rings. The number of anilines is 1. The lowest BCUT2D eigenvalue weighted by Gasteiger charge is -2.22. The number of halogens is 1. The molecule has 2 N–H and O–H groups in total. The van der Waals surface area contributed by atoms with Crippen LogP contribution in [0.1, 0.15) is 23.2 Å². The Morgan fingerprint density at radius 3 is 3.04 bits per heavy atom. The number of nitrogens with zero attached hydrogens (tertiary/aromatic N) is 3. The number of nitrogens with one attached hydrogen (secondary N) is 2. The molecule has 0 radical (unpaired) electrons. The quantitative estimate of drug-likeness (QED) is 0.529. The van der Waals surface area contributed by atoms with Crippen molar-refractivity contribution in [3.05, 3.63) is 39.3 Å². The van der Waals surface area contributed by atoms with Crippen molar-refractivity contribution in [1.82, 2.24) is 15.6 Å². The molecule has 28 heavy (non-hydrogen) atoms. The topological polar surface area (TPSA) is 61.8 Å². The number of aryl methyl sites for hydroxylation is 1. The van der Waals surface area contributed by atoms with Gasteiger partial charge in [0.15, 0.2) is 5.96 Å². The van der Waals surface area contributed by atoms with Crippen LogP contribution in [0, 0.1) is 6.92 Å². The van der Waals surface area contributed by atoms with E-state index in [0.717, 1.165) is 66.4 Å². The van der Waals surface area contributed by atoms with Gasteiger partial charge in [-0.15, -0.1) is 11.3 Å². The molecule has 1 atom stereocenters. The van der Waals surface area contributed by atoms with Gasteiger partial charge in [-0.2, -0.15) is 0 Å². The van der Waals surface area contributed by atoms with Gasteiger partial charge in [-0.1, -0.05) is 11.6 Å². The number of ether oxygens (including phenoxy) is 1. The van der Waals surface area contributed by atoms with Gasteiger partial charge in [-0.3, -0.25) is 4.99 Å². The summed E-state index contributed by atoms with van der Waals surface area (Å²) in [6.07, 6.45) is 3.82. The first-order chi connectivity index (χ1) is 13.6. The van der Waals surface area contributed by atoms with Gasteiger partial charge >= 0.3 is 0 Å². The zero-order chi connectivity index (χ0) is 19.9. The molecule has 3 rings (SSSR count). The van der Waals surface area contributed by atoms with E-state index in [1.807, 2.05) is 24.4 Å². The Morgan fingerprint density at radius 2 is 2.32 bits per heavy atom. The number of hydrogen-bond acceptors (Lipinski definition) is 5. The van der Waals surface area contributed by atoms with E-state index < -0.39 is 0 Å². The summed E-state index contributed by atoms with van der Waals surface area (Å²) < 4.78 is 5.50. The molecule has 6 nitrogen and oxygen atoms in total. The van der Waals surface area contributed by atoms with Gasteiger partial charge < -0.3 is 20.3 Å². The average molecular weight is 422 g/mol. The average Bonchev–Trinajstić information content (AvgIpc) is 3.31. The summed E-state index contributed by atoms with van der Waals surface area (Å²) in [6.45, 7) is 7.55. The zero-order valence-corrected chi connectivity index (χ0v) is 18.2. The summed E-state index contributed by atoms with van der Waals surface area (Å²) in [7, 11) is 1.69. The predicted molar refractivity (Wildman–Crippen MR) is 118 cm³/mol. The lowest BCUT2D eigenvalue weighted by atomic mass is 10.2. The van der Waals surface area contributed by atoms with Crippen LogP contribution in [-0.4, -0.2) is 50.3 Å². The van der Waals surface area contributed by atoms with Crippen LogP contribution in [0.25, 0.3) is 0 Å². The van der Waals surface area contributed by atoms with E-state index in [0.29, 0.717) is 6.04 Å². The Labute approximate surface area is 176 Å². The molecule has 8 heteroatoms.